The van der Waals surface area contributed by atoms with Gasteiger partial charge >= 0.3 is 10.4 Å². The third-order valence-corrected chi connectivity index (χ3v) is 9.26. The fourth-order valence-electron chi connectivity index (χ4n) is 7.40. The van der Waals surface area contributed by atoms with Crippen molar-refractivity contribution < 1.29 is 37.0 Å². The van der Waals surface area contributed by atoms with Gasteiger partial charge < -0.3 is 10.2 Å². The summed E-state index contributed by atoms with van der Waals surface area (Å²) in [6.07, 6.45) is 4.67. The molecule has 0 aliphatic heterocycles. The Labute approximate surface area is 205 Å². The number of rotatable bonds is 4. The van der Waals surface area contributed by atoms with Crippen molar-refractivity contribution in [3.05, 3.63) is 11.6 Å². The Kier molecular flexibility index (Phi) is 6.80. The van der Waals surface area contributed by atoms with Gasteiger partial charge in [0, 0.05) is 41.4 Å². The Morgan fingerprint density at radius 3 is 2.55 bits per heavy atom. The minimum absolute atomic E-state index is 0. The number of aliphatic hydroxyl groups excluding tert-OH is 1. The topological polar surface area (TPSA) is 138 Å². The maximum Gasteiger partial charge on any atom is 0.397 e. The number of Topliss-reactive ketones (excluding diaryl/α,β-unsaturated/α-hetero) is 1. The average Bonchev–Trinajstić information content (AvgIpc) is 2.91. The van der Waals surface area contributed by atoms with Gasteiger partial charge in [-0.25, -0.2) is 4.18 Å². The summed E-state index contributed by atoms with van der Waals surface area (Å²) in [6, 6.07) is 0. The van der Waals surface area contributed by atoms with Crippen molar-refractivity contribution in [2.75, 3.05) is 6.61 Å². The zero-order chi connectivity index (χ0) is 22.1. The first-order valence-corrected chi connectivity index (χ1v) is 12.0. The van der Waals surface area contributed by atoms with Gasteiger partial charge in [-0.05, 0) is 67.8 Å². The minimum atomic E-state index is -4.80. The smallest absolute Gasteiger partial charge is 0.393 e. The van der Waals surface area contributed by atoms with Crippen LogP contribution in [0.3, 0.4) is 0 Å². The van der Waals surface area contributed by atoms with Gasteiger partial charge in [0.1, 0.15) is 12.2 Å². The standard InChI is InChI=1S/C21H30O8S.Na/c1-19-7-5-13(22)9-12(19)3-4-14-15-6-8-21(25,17(24)11-29-30(26,27)28)20(15,2)10-16(23)18(14)19;/h9,14-16,18,23,25H,3-8,10-11H2,1-2H3,(H,26,27,28);/t14-,15-,16-,18+,19-,20-,21-;/m0./s1. The van der Waals surface area contributed by atoms with E-state index < -0.39 is 39.9 Å². The van der Waals surface area contributed by atoms with Crippen molar-refractivity contribution in [3.63, 3.8) is 0 Å². The van der Waals surface area contributed by atoms with Crippen LogP contribution >= 0.6 is 0 Å². The predicted octanol–water partition coefficient (Wildman–Crippen LogP) is 1.23. The quantitative estimate of drug-likeness (QED) is 0.416. The summed E-state index contributed by atoms with van der Waals surface area (Å²) in [5, 5.41) is 22.6. The Morgan fingerprint density at radius 1 is 1.23 bits per heavy atom. The summed E-state index contributed by atoms with van der Waals surface area (Å²) in [7, 11) is -4.80. The summed E-state index contributed by atoms with van der Waals surface area (Å²) >= 11 is 0. The summed E-state index contributed by atoms with van der Waals surface area (Å²) < 4.78 is 34.8. The zero-order valence-electron chi connectivity index (χ0n) is 18.3. The average molecular weight is 466 g/mol. The van der Waals surface area contributed by atoms with E-state index >= 15 is 0 Å². The molecular weight excluding hydrogens is 435 g/mol. The van der Waals surface area contributed by atoms with Crippen LogP contribution in [-0.2, 0) is 24.2 Å². The second kappa shape index (κ2) is 8.27. The third kappa shape index (κ3) is 3.93. The molecule has 0 saturated heterocycles. The molecule has 8 nitrogen and oxygen atoms in total. The number of carbonyl (C=O) groups is 2. The van der Waals surface area contributed by atoms with Crippen LogP contribution in [0, 0.1) is 28.6 Å². The maximum atomic E-state index is 12.8. The van der Waals surface area contributed by atoms with Gasteiger partial charge in [0.2, 0.25) is 0 Å². The summed E-state index contributed by atoms with van der Waals surface area (Å²) in [5.74, 6) is -0.618. The van der Waals surface area contributed by atoms with Crippen LogP contribution in [0.1, 0.15) is 58.8 Å². The third-order valence-electron chi connectivity index (χ3n) is 8.85. The number of carbonyl (C=O) groups excluding carboxylic acids is 2. The van der Waals surface area contributed by atoms with Crippen molar-refractivity contribution in [2.24, 2.45) is 28.6 Å². The van der Waals surface area contributed by atoms with Crippen LogP contribution in [0.25, 0.3) is 0 Å². The number of aliphatic hydroxyl groups is 2. The Hall–Kier alpha value is -0.130. The van der Waals surface area contributed by atoms with E-state index in [0.29, 0.717) is 19.3 Å². The van der Waals surface area contributed by atoms with Crippen LogP contribution in [0.5, 0.6) is 0 Å². The largest absolute Gasteiger partial charge is 0.397 e. The molecule has 7 atom stereocenters. The number of fused-ring (bicyclic) bond motifs is 5. The van der Waals surface area contributed by atoms with Gasteiger partial charge in [0.05, 0.1) is 6.10 Å². The monoisotopic (exact) mass is 465 g/mol. The van der Waals surface area contributed by atoms with Crippen LogP contribution in [0.2, 0.25) is 0 Å². The van der Waals surface area contributed by atoms with E-state index in [9.17, 15) is 28.2 Å². The molecule has 0 bridgehead atoms. The molecule has 4 aliphatic carbocycles. The van der Waals surface area contributed by atoms with Gasteiger partial charge in [-0.3, -0.25) is 14.1 Å². The molecule has 4 aliphatic rings. The summed E-state index contributed by atoms with van der Waals surface area (Å²) in [4.78, 5) is 24.7. The van der Waals surface area contributed by atoms with Gasteiger partial charge in [-0.15, -0.1) is 0 Å². The van der Waals surface area contributed by atoms with E-state index in [1.807, 2.05) is 0 Å². The molecule has 1 radical (unpaired) electrons. The second-order valence-corrected chi connectivity index (χ2v) is 11.2. The molecule has 3 N–H and O–H groups in total. The molecule has 0 aromatic heterocycles. The van der Waals surface area contributed by atoms with Crippen molar-refractivity contribution in [1.29, 1.82) is 0 Å². The molecule has 4 rings (SSSR count). The molecular formula is C21H30NaO8S. The molecule has 0 spiro atoms. The summed E-state index contributed by atoms with van der Waals surface area (Å²) in [6.45, 7) is 2.99. The summed E-state index contributed by atoms with van der Waals surface area (Å²) in [5.41, 5.74) is -1.91. The normalized spacial score (nSPS) is 44.4. The number of ketones is 2. The van der Waals surface area contributed by atoms with Gasteiger partial charge in [-0.1, -0.05) is 19.4 Å². The second-order valence-electron chi connectivity index (χ2n) is 10.1. The molecule has 31 heavy (non-hydrogen) atoms. The zero-order valence-corrected chi connectivity index (χ0v) is 21.2. The van der Waals surface area contributed by atoms with Crippen LogP contribution in [0.15, 0.2) is 11.6 Å². The van der Waals surface area contributed by atoms with Crippen LogP contribution in [-0.4, -0.2) is 82.6 Å². The van der Waals surface area contributed by atoms with Gasteiger partial charge in [-0.2, -0.15) is 8.42 Å². The van der Waals surface area contributed by atoms with E-state index in [0.717, 1.165) is 18.4 Å². The molecule has 0 aromatic carbocycles. The SMILES string of the molecule is C[C@]12CCC(=O)C=C1CC[C@@H]1[C@@H]2[C@@H](O)C[C@@]2(C)[C@H]1CC[C@]2(O)C(=O)COS(=O)(=O)O.[Na]. The molecule has 0 aromatic rings. The van der Waals surface area contributed by atoms with Crippen molar-refractivity contribution >= 4 is 51.5 Å². The van der Waals surface area contributed by atoms with Crippen LogP contribution < -0.4 is 0 Å². The van der Waals surface area contributed by atoms with Crippen molar-refractivity contribution in [3.8, 4) is 0 Å². The number of allylic oxidation sites excluding steroid dienone is 1. The van der Waals surface area contributed by atoms with Gasteiger partial charge in [0.25, 0.3) is 0 Å². The minimum Gasteiger partial charge on any atom is -0.393 e. The molecule has 0 unspecified atom stereocenters. The molecule has 0 amide bonds. The van der Waals surface area contributed by atoms with Crippen molar-refractivity contribution in [2.45, 2.75) is 70.5 Å². The van der Waals surface area contributed by atoms with E-state index in [-0.39, 0.29) is 71.4 Å². The Bertz CT molecular complexity index is 916. The molecule has 169 valence electrons. The molecule has 10 heteroatoms. The maximum absolute atomic E-state index is 12.8. The predicted molar refractivity (Wildman–Crippen MR) is 111 cm³/mol. The molecule has 3 saturated carbocycles. The fourth-order valence-corrected chi connectivity index (χ4v) is 7.65. The molecule has 3 fully saturated rings. The van der Waals surface area contributed by atoms with Gasteiger partial charge in [0.15, 0.2) is 11.6 Å². The fraction of sp³-hybridized carbons (Fsp3) is 0.810. The van der Waals surface area contributed by atoms with Crippen molar-refractivity contribution in [1.82, 2.24) is 0 Å². The number of hydrogen-bond donors (Lipinski definition) is 3. The van der Waals surface area contributed by atoms with E-state index in [1.54, 1.807) is 13.0 Å². The van der Waals surface area contributed by atoms with E-state index in [1.165, 1.54) is 0 Å². The molecule has 0 heterocycles. The first kappa shape index (κ1) is 25.5. The Morgan fingerprint density at radius 2 is 1.90 bits per heavy atom. The Balaban J connectivity index is 0.00000272. The first-order chi connectivity index (χ1) is 13.8. The van der Waals surface area contributed by atoms with E-state index in [4.69, 9.17) is 4.55 Å². The first-order valence-electron chi connectivity index (χ1n) is 10.6. The van der Waals surface area contributed by atoms with E-state index in [2.05, 4.69) is 11.1 Å². The van der Waals surface area contributed by atoms with Crippen LogP contribution in [0.4, 0.5) is 0 Å². The number of hydrogen-bond acceptors (Lipinski definition) is 7.